The Balaban J connectivity index is 1.29. The van der Waals surface area contributed by atoms with Crippen LogP contribution in [0.4, 0.5) is 24.5 Å². The first-order valence-electron chi connectivity index (χ1n) is 11.5. The van der Waals surface area contributed by atoms with Gasteiger partial charge < -0.3 is 15.1 Å². The topological polar surface area (TPSA) is 55.9 Å². The van der Waals surface area contributed by atoms with Crippen LogP contribution >= 0.6 is 0 Å². The molecule has 182 valence electrons. The van der Waals surface area contributed by atoms with Crippen LogP contribution in [0.5, 0.6) is 0 Å². The predicted molar refractivity (Wildman–Crippen MR) is 125 cm³/mol. The maximum absolute atomic E-state index is 13.1. The number of hydrogen-bond acceptors (Lipinski definition) is 4. The number of fused-ring (bicyclic) bond motifs is 1. The number of benzene rings is 2. The number of hydrogen-bond donors (Lipinski definition) is 1. The van der Waals surface area contributed by atoms with Gasteiger partial charge in [0.25, 0.3) is 0 Å². The summed E-state index contributed by atoms with van der Waals surface area (Å²) in [5, 5.41) is 2.38. The van der Waals surface area contributed by atoms with Gasteiger partial charge in [-0.15, -0.1) is 0 Å². The second-order valence-corrected chi connectivity index (χ2v) is 8.89. The van der Waals surface area contributed by atoms with Gasteiger partial charge in [0.05, 0.1) is 24.3 Å². The Hall–Kier alpha value is -3.07. The molecule has 2 amide bonds. The van der Waals surface area contributed by atoms with Gasteiger partial charge in [-0.25, -0.2) is 0 Å². The highest BCUT2D eigenvalue weighted by Gasteiger charge is 2.34. The van der Waals surface area contributed by atoms with Gasteiger partial charge in [-0.05, 0) is 43.5 Å². The molecule has 1 atom stereocenters. The van der Waals surface area contributed by atoms with Gasteiger partial charge in [-0.1, -0.05) is 30.3 Å². The lowest BCUT2D eigenvalue weighted by molar-refractivity contribution is -0.137. The molecule has 0 spiro atoms. The molecule has 0 bridgehead atoms. The number of amides is 2. The lowest BCUT2D eigenvalue weighted by atomic mass is 9.96. The van der Waals surface area contributed by atoms with Gasteiger partial charge in [-0.2, -0.15) is 13.2 Å². The number of para-hydroxylation sites is 2. The summed E-state index contributed by atoms with van der Waals surface area (Å²) in [6.45, 7) is 4.37. The monoisotopic (exact) mass is 474 g/mol. The van der Waals surface area contributed by atoms with Crippen molar-refractivity contribution < 1.29 is 22.8 Å². The molecule has 0 aliphatic carbocycles. The molecule has 2 heterocycles. The highest BCUT2D eigenvalue weighted by atomic mass is 19.4. The minimum absolute atomic E-state index is 0.0231. The van der Waals surface area contributed by atoms with Crippen LogP contribution in [-0.4, -0.2) is 66.9 Å². The molecule has 0 aromatic heterocycles. The Morgan fingerprint density at radius 3 is 2.38 bits per heavy atom. The molecular weight excluding hydrogens is 445 g/mol. The highest BCUT2D eigenvalue weighted by molar-refractivity contribution is 5.93. The molecule has 9 heteroatoms. The van der Waals surface area contributed by atoms with Crippen LogP contribution < -0.4 is 10.2 Å². The van der Waals surface area contributed by atoms with E-state index in [0.29, 0.717) is 32.7 Å². The lowest BCUT2D eigenvalue weighted by Gasteiger charge is -2.39. The number of carbonyl (C=O) groups is 2. The van der Waals surface area contributed by atoms with Gasteiger partial charge in [0, 0.05) is 37.9 Å². The number of anilines is 2. The second kappa shape index (κ2) is 10.0. The summed E-state index contributed by atoms with van der Waals surface area (Å²) >= 11 is 0. The van der Waals surface area contributed by atoms with Gasteiger partial charge >= 0.3 is 6.18 Å². The first-order chi connectivity index (χ1) is 16.2. The maximum atomic E-state index is 13.1. The van der Waals surface area contributed by atoms with Crippen molar-refractivity contribution in [3.63, 3.8) is 0 Å². The Labute approximate surface area is 197 Å². The third-order valence-electron chi connectivity index (χ3n) is 6.57. The average Bonchev–Trinajstić information content (AvgIpc) is 2.81. The normalized spacial score (nSPS) is 19.0. The Kier molecular flexibility index (Phi) is 7.11. The van der Waals surface area contributed by atoms with Crippen molar-refractivity contribution in [2.24, 2.45) is 0 Å². The fourth-order valence-corrected chi connectivity index (χ4v) is 4.63. The number of halogens is 3. The number of alkyl halides is 3. The summed E-state index contributed by atoms with van der Waals surface area (Å²) < 4.78 is 39.4. The molecule has 34 heavy (non-hydrogen) atoms. The number of piperazine rings is 1. The van der Waals surface area contributed by atoms with Gasteiger partial charge in [-0.3, -0.25) is 14.5 Å². The zero-order valence-corrected chi connectivity index (χ0v) is 19.1. The zero-order valence-electron chi connectivity index (χ0n) is 19.1. The first-order valence-corrected chi connectivity index (χ1v) is 11.5. The van der Waals surface area contributed by atoms with Crippen LogP contribution in [0, 0.1) is 0 Å². The molecule has 4 rings (SSSR count). The summed E-state index contributed by atoms with van der Waals surface area (Å²) in [5.41, 5.74) is 1.26. The predicted octanol–water partition coefficient (Wildman–Crippen LogP) is 3.63. The number of nitrogens with zero attached hydrogens (tertiary/aromatic N) is 3. The van der Waals surface area contributed by atoms with Crippen LogP contribution in [0.2, 0.25) is 0 Å². The molecule has 1 fully saturated rings. The fourth-order valence-electron chi connectivity index (χ4n) is 4.63. The fraction of sp³-hybridized carbons (Fsp3) is 0.440. The van der Waals surface area contributed by atoms with Gasteiger partial charge in [0.15, 0.2) is 0 Å². The quantitative estimate of drug-likeness (QED) is 0.719. The lowest BCUT2D eigenvalue weighted by Crippen LogP contribution is -2.53. The molecule has 6 nitrogen and oxygen atoms in total. The smallest absolute Gasteiger partial charge is 0.359 e. The van der Waals surface area contributed by atoms with Crippen LogP contribution in [0.25, 0.3) is 0 Å². The third kappa shape index (κ3) is 5.52. The van der Waals surface area contributed by atoms with Crippen LogP contribution in [0.15, 0.2) is 48.5 Å². The van der Waals surface area contributed by atoms with E-state index in [2.05, 4.69) is 29.3 Å². The maximum Gasteiger partial charge on any atom is 0.418 e. The van der Waals surface area contributed by atoms with Crippen molar-refractivity contribution in [3.05, 3.63) is 59.7 Å². The summed E-state index contributed by atoms with van der Waals surface area (Å²) in [5.74, 6) is -0.456. The SMILES string of the molecule is CC1CCc2ccccc2N1CC(=O)N1CCN(CC(=O)Nc2ccccc2C(F)(F)F)CC1. The van der Waals surface area contributed by atoms with E-state index in [0.717, 1.165) is 24.6 Å². The van der Waals surface area contributed by atoms with Gasteiger partial charge in [0.2, 0.25) is 11.8 Å². The molecular formula is C25H29F3N4O2. The van der Waals surface area contributed by atoms with Crippen molar-refractivity contribution >= 4 is 23.2 Å². The largest absolute Gasteiger partial charge is 0.418 e. The van der Waals surface area contributed by atoms with E-state index in [1.54, 1.807) is 4.90 Å². The summed E-state index contributed by atoms with van der Waals surface area (Å²) in [6.07, 6.45) is -2.52. The third-order valence-corrected chi connectivity index (χ3v) is 6.57. The first kappa shape index (κ1) is 24.1. The van der Waals surface area contributed by atoms with E-state index in [1.807, 2.05) is 17.0 Å². The van der Waals surface area contributed by atoms with Crippen molar-refractivity contribution in [2.75, 3.05) is 49.5 Å². The zero-order chi connectivity index (χ0) is 24.3. The van der Waals surface area contributed by atoms with E-state index in [9.17, 15) is 22.8 Å². The number of rotatable bonds is 5. The Morgan fingerprint density at radius 1 is 0.971 bits per heavy atom. The number of carbonyl (C=O) groups excluding carboxylic acids is 2. The van der Waals surface area contributed by atoms with Crippen molar-refractivity contribution in [1.82, 2.24) is 9.80 Å². The van der Waals surface area contributed by atoms with E-state index < -0.39 is 17.6 Å². The van der Waals surface area contributed by atoms with Crippen molar-refractivity contribution in [1.29, 1.82) is 0 Å². The molecule has 2 aromatic carbocycles. The molecule has 2 aliphatic heterocycles. The average molecular weight is 475 g/mol. The Morgan fingerprint density at radius 2 is 1.65 bits per heavy atom. The van der Waals surface area contributed by atoms with E-state index >= 15 is 0 Å². The molecule has 0 radical (unpaired) electrons. The van der Waals surface area contributed by atoms with Crippen molar-refractivity contribution in [3.8, 4) is 0 Å². The molecule has 0 saturated carbocycles. The number of aryl methyl sites for hydroxylation is 1. The molecule has 1 N–H and O–H groups in total. The molecule has 1 saturated heterocycles. The van der Waals surface area contributed by atoms with Crippen LogP contribution in [-0.2, 0) is 22.2 Å². The second-order valence-electron chi connectivity index (χ2n) is 8.89. The summed E-state index contributed by atoms with van der Waals surface area (Å²) in [4.78, 5) is 31.2. The minimum Gasteiger partial charge on any atom is -0.359 e. The van der Waals surface area contributed by atoms with E-state index in [4.69, 9.17) is 0 Å². The highest BCUT2D eigenvalue weighted by Crippen LogP contribution is 2.34. The standard InChI is InChI=1S/C25H29F3N4O2/c1-18-10-11-19-6-2-5-9-22(19)32(18)17-24(34)31-14-12-30(13-15-31)16-23(33)29-21-8-4-3-7-20(21)25(26,27)28/h2-9,18H,10-17H2,1H3,(H,29,33). The van der Waals surface area contributed by atoms with Crippen molar-refractivity contribution in [2.45, 2.75) is 32.0 Å². The van der Waals surface area contributed by atoms with Crippen LogP contribution in [0.3, 0.4) is 0 Å². The number of nitrogens with one attached hydrogen (secondary N) is 1. The molecule has 1 unspecified atom stereocenters. The summed E-state index contributed by atoms with van der Waals surface area (Å²) in [7, 11) is 0. The molecule has 2 aliphatic rings. The molecule has 2 aromatic rings. The minimum atomic E-state index is -4.54. The summed E-state index contributed by atoms with van der Waals surface area (Å²) in [6, 6.07) is 13.4. The van der Waals surface area contributed by atoms with E-state index in [1.165, 1.54) is 23.8 Å². The van der Waals surface area contributed by atoms with Crippen LogP contribution in [0.1, 0.15) is 24.5 Å². The van der Waals surface area contributed by atoms with Gasteiger partial charge in [0.1, 0.15) is 0 Å². The van der Waals surface area contributed by atoms with E-state index in [-0.39, 0.29) is 24.2 Å². The Bertz CT molecular complexity index is 1030.